The molecule has 6 nitrogen and oxygen atoms in total. The lowest BCUT2D eigenvalue weighted by Crippen LogP contribution is -2.60. The summed E-state index contributed by atoms with van der Waals surface area (Å²) in [5.74, 6) is -1.59. The van der Waals surface area contributed by atoms with Crippen LogP contribution in [0.2, 0.25) is 0 Å². The molecule has 0 aromatic heterocycles. The van der Waals surface area contributed by atoms with Gasteiger partial charge in [0.05, 0.1) is 18.2 Å². The van der Waals surface area contributed by atoms with Crippen LogP contribution in [-0.4, -0.2) is 45.8 Å². The molecule has 0 spiro atoms. The average molecular weight is 338 g/mol. The predicted octanol–water partition coefficient (Wildman–Crippen LogP) is 0.725. The minimum Gasteiger partial charge on any atom is -0.390 e. The Hall–Kier alpha value is -1.99. The highest BCUT2D eigenvalue weighted by Crippen LogP contribution is 2.20. The van der Waals surface area contributed by atoms with Gasteiger partial charge in [-0.05, 0) is 51.3 Å². The SMILES string of the molecule is CC(C)(NC(=O)c1cccc(F)c1)C(=O)N[C@@H]1CCC[C@@H](O)[C@@H]1O. The van der Waals surface area contributed by atoms with Crippen molar-refractivity contribution >= 4 is 11.8 Å². The summed E-state index contributed by atoms with van der Waals surface area (Å²) in [5, 5.41) is 24.8. The first-order valence-electron chi connectivity index (χ1n) is 7.96. The summed E-state index contributed by atoms with van der Waals surface area (Å²) in [7, 11) is 0. The molecule has 1 aliphatic carbocycles. The number of amides is 2. The molecule has 1 fully saturated rings. The smallest absolute Gasteiger partial charge is 0.252 e. The average Bonchev–Trinajstić information content (AvgIpc) is 2.51. The van der Waals surface area contributed by atoms with Gasteiger partial charge in [-0.3, -0.25) is 9.59 Å². The Labute approximate surface area is 140 Å². The number of aliphatic hydroxyl groups is 2. The number of nitrogens with one attached hydrogen (secondary N) is 2. The number of hydrogen-bond donors (Lipinski definition) is 4. The molecule has 4 N–H and O–H groups in total. The molecule has 1 saturated carbocycles. The van der Waals surface area contributed by atoms with E-state index < -0.39 is 41.4 Å². The van der Waals surface area contributed by atoms with Crippen molar-refractivity contribution in [3.63, 3.8) is 0 Å². The number of benzene rings is 1. The number of aliphatic hydroxyl groups excluding tert-OH is 2. The van der Waals surface area contributed by atoms with Crippen LogP contribution in [0.15, 0.2) is 24.3 Å². The Morgan fingerprint density at radius 3 is 2.62 bits per heavy atom. The molecule has 1 aromatic rings. The van der Waals surface area contributed by atoms with Crippen molar-refractivity contribution < 1.29 is 24.2 Å². The van der Waals surface area contributed by atoms with Crippen molar-refractivity contribution in [3.05, 3.63) is 35.6 Å². The van der Waals surface area contributed by atoms with Crippen LogP contribution in [0.1, 0.15) is 43.5 Å². The van der Waals surface area contributed by atoms with Gasteiger partial charge < -0.3 is 20.8 Å². The molecule has 2 amide bonds. The third-order valence-electron chi connectivity index (χ3n) is 4.22. The quantitative estimate of drug-likeness (QED) is 0.650. The maximum atomic E-state index is 13.2. The summed E-state index contributed by atoms with van der Waals surface area (Å²) in [6.45, 7) is 3.04. The minimum atomic E-state index is -1.26. The lowest BCUT2D eigenvalue weighted by atomic mass is 9.89. The van der Waals surface area contributed by atoms with Gasteiger partial charge in [0, 0.05) is 5.56 Å². The summed E-state index contributed by atoms with van der Waals surface area (Å²) in [6.07, 6.45) is -0.156. The van der Waals surface area contributed by atoms with Gasteiger partial charge in [0.1, 0.15) is 11.4 Å². The molecule has 3 atom stereocenters. The molecular weight excluding hydrogens is 315 g/mol. The van der Waals surface area contributed by atoms with Crippen molar-refractivity contribution in [2.75, 3.05) is 0 Å². The second-order valence-corrected chi connectivity index (χ2v) is 6.66. The predicted molar refractivity (Wildman–Crippen MR) is 85.7 cm³/mol. The third kappa shape index (κ3) is 4.30. The molecule has 0 bridgehead atoms. The van der Waals surface area contributed by atoms with E-state index in [0.717, 1.165) is 6.07 Å². The van der Waals surface area contributed by atoms with Crippen molar-refractivity contribution in [3.8, 4) is 0 Å². The highest BCUT2D eigenvalue weighted by Gasteiger charge is 2.36. The molecule has 0 saturated heterocycles. The number of carbonyl (C=O) groups is 2. The van der Waals surface area contributed by atoms with Crippen molar-refractivity contribution in [2.45, 2.75) is 56.9 Å². The van der Waals surface area contributed by atoms with E-state index in [1.165, 1.54) is 32.0 Å². The topological polar surface area (TPSA) is 98.7 Å². The Kier molecular flexibility index (Phi) is 5.56. The van der Waals surface area contributed by atoms with Crippen LogP contribution in [0.25, 0.3) is 0 Å². The largest absolute Gasteiger partial charge is 0.390 e. The van der Waals surface area contributed by atoms with Crippen LogP contribution in [0.4, 0.5) is 4.39 Å². The Morgan fingerprint density at radius 2 is 1.96 bits per heavy atom. The van der Waals surface area contributed by atoms with E-state index in [9.17, 15) is 24.2 Å². The Balaban J connectivity index is 2.01. The van der Waals surface area contributed by atoms with Gasteiger partial charge in [0.2, 0.25) is 5.91 Å². The molecule has 0 radical (unpaired) electrons. The maximum Gasteiger partial charge on any atom is 0.252 e. The van der Waals surface area contributed by atoms with E-state index >= 15 is 0 Å². The zero-order valence-corrected chi connectivity index (χ0v) is 13.8. The van der Waals surface area contributed by atoms with Crippen LogP contribution in [-0.2, 0) is 4.79 Å². The molecule has 7 heteroatoms. The first-order valence-corrected chi connectivity index (χ1v) is 7.96. The molecule has 0 unspecified atom stereocenters. The third-order valence-corrected chi connectivity index (χ3v) is 4.22. The van der Waals surface area contributed by atoms with Crippen LogP contribution in [0.5, 0.6) is 0 Å². The van der Waals surface area contributed by atoms with E-state index in [-0.39, 0.29) is 5.56 Å². The van der Waals surface area contributed by atoms with E-state index in [2.05, 4.69) is 10.6 Å². The molecule has 1 aliphatic rings. The van der Waals surface area contributed by atoms with Gasteiger partial charge in [-0.1, -0.05) is 6.07 Å². The zero-order chi connectivity index (χ0) is 17.9. The summed E-state index contributed by atoms with van der Waals surface area (Å²) < 4.78 is 13.2. The Bertz CT molecular complexity index is 620. The standard InChI is InChI=1S/C17H23FN2O4/c1-17(2,20-15(23)10-5-3-6-11(18)9-10)16(24)19-12-7-4-8-13(21)14(12)22/h3,5-6,9,12-14,21-22H,4,7-8H2,1-2H3,(H,19,24)(H,20,23)/t12-,13-,14-/m1/s1. The van der Waals surface area contributed by atoms with E-state index in [1.54, 1.807) is 0 Å². The second kappa shape index (κ2) is 7.27. The fourth-order valence-electron chi connectivity index (χ4n) is 2.71. The summed E-state index contributed by atoms with van der Waals surface area (Å²) >= 11 is 0. The van der Waals surface area contributed by atoms with Crippen LogP contribution in [0.3, 0.4) is 0 Å². The van der Waals surface area contributed by atoms with Gasteiger partial charge >= 0.3 is 0 Å². The van der Waals surface area contributed by atoms with E-state index in [4.69, 9.17) is 0 Å². The zero-order valence-electron chi connectivity index (χ0n) is 13.8. The second-order valence-electron chi connectivity index (χ2n) is 6.66. The monoisotopic (exact) mass is 338 g/mol. The molecule has 24 heavy (non-hydrogen) atoms. The molecule has 0 aliphatic heterocycles. The molecule has 2 rings (SSSR count). The highest BCUT2D eigenvalue weighted by atomic mass is 19.1. The molecule has 132 valence electrons. The van der Waals surface area contributed by atoms with Crippen molar-refractivity contribution in [2.24, 2.45) is 0 Å². The summed E-state index contributed by atoms with van der Waals surface area (Å²) in [6, 6.07) is 4.62. The molecule has 1 aromatic carbocycles. The van der Waals surface area contributed by atoms with Crippen LogP contribution < -0.4 is 10.6 Å². The van der Waals surface area contributed by atoms with Crippen molar-refractivity contribution in [1.82, 2.24) is 10.6 Å². The van der Waals surface area contributed by atoms with Crippen molar-refractivity contribution in [1.29, 1.82) is 0 Å². The van der Waals surface area contributed by atoms with E-state index in [1.807, 2.05) is 0 Å². The van der Waals surface area contributed by atoms with Gasteiger partial charge in [-0.25, -0.2) is 4.39 Å². The van der Waals surface area contributed by atoms with Gasteiger partial charge in [-0.2, -0.15) is 0 Å². The fraction of sp³-hybridized carbons (Fsp3) is 0.529. The lowest BCUT2D eigenvalue weighted by Gasteiger charge is -2.35. The van der Waals surface area contributed by atoms with Crippen LogP contribution in [0, 0.1) is 5.82 Å². The maximum absolute atomic E-state index is 13.2. The molecule has 0 heterocycles. The fourth-order valence-corrected chi connectivity index (χ4v) is 2.71. The summed E-state index contributed by atoms with van der Waals surface area (Å²) in [5.41, 5.74) is -1.14. The molecular formula is C17H23FN2O4. The minimum absolute atomic E-state index is 0.115. The highest BCUT2D eigenvalue weighted by molar-refractivity contribution is 5.99. The summed E-state index contributed by atoms with van der Waals surface area (Å²) in [4.78, 5) is 24.6. The Morgan fingerprint density at radius 1 is 1.25 bits per heavy atom. The lowest BCUT2D eigenvalue weighted by molar-refractivity contribution is -0.129. The van der Waals surface area contributed by atoms with E-state index in [0.29, 0.717) is 19.3 Å². The van der Waals surface area contributed by atoms with Crippen LogP contribution >= 0.6 is 0 Å². The normalized spacial score (nSPS) is 24.3. The number of carbonyl (C=O) groups excluding carboxylic acids is 2. The van der Waals surface area contributed by atoms with Gasteiger partial charge in [0.25, 0.3) is 5.91 Å². The number of hydrogen-bond acceptors (Lipinski definition) is 4. The number of halogens is 1. The number of rotatable bonds is 4. The van der Waals surface area contributed by atoms with Gasteiger partial charge in [0.15, 0.2) is 0 Å². The first kappa shape index (κ1) is 18.4. The van der Waals surface area contributed by atoms with Gasteiger partial charge in [-0.15, -0.1) is 0 Å². The first-order chi connectivity index (χ1) is 11.2.